The monoisotopic (exact) mass is 417 g/mol. The lowest BCUT2D eigenvalue weighted by atomic mass is 9.42. The SMILES string of the molecule is CCN1C[C@]2(C)CC[C@H](OC)[C@]34C1[C@@H](C[C@H]23)[C@@]1(OC(C)=O)CC[C@H]2C[C@@H]4[C@@H]1C(=O)O2. The highest BCUT2D eigenvalue weighted by atomic mass is 16.6. The molecule has 6 nitrogen and oxygen atoms in total. The van der Waals surface area contributed by atoms with E-state index >= 15 is 0 Å². The summed E-state index contributed by atoms with van der Waals surface area (Å²) in [6.45, 7) is 8.33. The minimum Gasteiger partial charge on any atom is -0.462 e. The first kappa shape index (κ1) is 19.5. The molecule has 7 aliphatic rings. The van der Waals surface area contributed by atoms with Crippen LogP contribution in [0.1, 0.15) is 59.3 Å². The second-order valence-corrected chi connectivity index (χ2v) is 11.3. The van der Waals surface area contributed by atoms with Crippen LogP contribution in [0.2, 0.25) is 0 Å². The molecule has 4 aliphatic carbocycles. The first-order chi connectivity index (χ1) is 14.3. The average Bonchev–Trinajstić information content (AvgIpc) is 2.75. The summed E-state index contributed by atoms with van der Waals surface area (Å²) in [6.07, 6.45) is 5.83. The van der Waals surface area contributed by atoms with E-state index in [-0.39, 0.29) is 52.7 Å². The first-order valence-corrected chi connectivity index (χ1v) is 12.0. The molecule has 3 heterocycles. The molecule has 0 radical (unpaired) electrons. The van der Waals surface area contributed by atoms with Crippen LogP contribution in [-0.2, 0) is 23.8 Å². The number of ether oxygens (including phenoxy) is 3. The Morgan fingerprint density at radius 1 is 1.23 bits per heavy atom. The van der Waals surface area contributed by atoms with Crippen molar-refractivity contribution in [3.8, 4) is 0 Å². The van der Waals surface area contributed by atoms with E-state index < -0.39 is 5.60 Å². The predicted molar refractivity (Wildman–Crippen MR) is 108 cm³/mol. The van der Waals surface area contributed by atoms with Gasteiger partial charge in [-0.25, -0.2) is 0 Å². The fourth-order valence-electron chi connectivity index (χ4n) is 9.96. The third kappa shape index (κ3) is 2.00. The van der Waals surface area contributed by atoms with Gasteiger partial charge in [-0.15, -0.1) is 0 Å². The standard InChI is InChI=1S/C24H35NO5/c1-5-25-12-22(3)8-7-18(28-4)24-15-10-14-6-9-23(30-13(2)26,19(15)21(27)29-14)16(20(24)25)11-17(22)24/h14-20H,5-12H2,1-4H3/t14-,15+,16+,17+,18-,19+,20?,22-,23-,24+/m0/s1. The van der Waals surface area contributed by atoms with Crippen molar-refractivity contribution in [2.45, 2.75) is 83.1 Å². The summed E-state index contributed by atoms with van der Waals surface area (Å²) in [5.41, 5.74) is -0.538. The van der Waals surface area contributed by atoms with Gasteiger partial charge in [0.05, 0.1) is 6.10 Å². The number of hydrogen-bond acceptors (Lipinski definition) is 6. The molecule has 3 saturated heterocycles. The van der Waals surface area contributed by atoms with Crippen molar-refractivity contribution < 1.29 is 23.8 Å². The zero-order chi connectivity index (χ0) is 21.1. The Morgan fingerprint density at radius 3 is 2.73 bits per heavy atom. The van der Waals surface area contributed by atoms with Crippen molar-refractivity contribution in [3.63, 3.8) is 0 Å². The Morgan fingerprint density at radius 2 is 2.03 bits per heavy atom. The van der Waals surface area contributed by atoms with E-state index in [9.17, 15) is 9.59 Å². The van der Waals surface area contributed by atoms with Gasteiger partial charge in [-0.3, -0.25) is 14.5 Å². The molecular formula is C24H35NO5. The number of esters is 2. The smallest absolute Gasteiger partial charge is 0.313 e. The number of carbonyl (C=O) groups excluding carboxylic acids is 2. The van der Waals surface area contributed by atoms with Crippen molar-refractivity contribution in [1.29, 1.82) is 0 Å². The van der Waals surface area contributed by atoms with Gasteiger partial charge < -0.3 is 14.2 Å². The number of nitrogens with zero attached hydrogens (tertiary/aromatic N) is 1. The van der Waals surface area contributed by atoms with Crippen LogP contribution >= 0.6 is 0 Å². The van der Waals surface area contributed by atoms with Crippen LogP contribution in [0.3, 0.4) is 0 Å². The third-order valence-electron chi connectivity index (χ3n) is 10.5. The number of rotatable bonds is 3. The molecule has 7 fully saturated rings. The van der Waals surface area contributed by atoms with Gasteiger partial charge in [-0.2, -0.15) is 0 Å². The van der Waals surface area contributed by atoms with Gasteiger partial charge in [0.2, 0.25) is 0 Å². The van der Waals surface area contributed by atoms with E-state index in [1.54, 1.807) is 0 Å². The quantitative estimate of drug-likeness (QED) is 0.658. The maximum atomic E-state index is 13.4. The normalized spacial score (nSPS) is 55.7. The van der Waals surface area contributed by atoms with E-state index in [0.717, 1.165) is 45.2 Å². The number of methoxy groups -OCH3 is 1. The van der Waals surface area contributed by atoms with E-state index in [0.29, 0.717) is 12.0 Å². The fraction of sp³-hybridized carbons (Fsp3) is 0.917. The van der Waals surface area contributed by atoms with Crippen LogP contribution in [0.5, 0.6) is 0 Å². The summed E-state index contributed by atoms with van der Waals surface area (Å²) in [5, 5.41) is 0. The lowest BCUT2D eigenvalue weighted by Crippen LogP contribution is -2.76. The van der Waals surface area contributed by atoms with Crippen LogP contribution in [0, 0.1) is 34.5 Å². The minimum atomic E-state index is -0.719. The summed E-state index contributed by atoms with van der Waals surface area (Å²) >= 11 is 0. The Hall–Kier alpha value is -1.14. The van der Waals surface area contributed by atoms with Gasteiger partial charge in [-0.05, 0) is 62.3 Å². The van der Waals surface area contributed by atoms with Crippen molar-refractivity contribution in [1.82, 2.24) is 4.90 Å². The maximum Gasteiger partial charge on any atom is 0.313 e. The maximum absolute atomic E-state index is 13.4. The molecular weight excluding hydrogens is 382 g/mol. The number of carbonyl (C=O) groups is 2. The fourth-order valence-corrected chi connectivity index (χ4v) is 9.96. The lowest BCUT2D eigenvalue weighted by molar-refractivity contribution is -0.271. The average molecular weight is 418 g/mol. The molecule has 3 aliphatic heterocycles. The molecule has 9 bridgehead atoms. The highest BCUT2D eigenvalue weighted by Crippen LogP contribution is 2.77. The molecule has 1 spiro atoms. The molecule has 4 saturated carbocycles. The van der Waals surface area contributed by atoms with E-state index in [1.807, 2.05) is 7.11 Å². The lowest BCUT2D eigenvalue weighted by Gasteiger charge is -2.69. The number of hydrogen-bond donors (Lipinski definition) is 0. The van der Waals surface area contributed by atoms with Crippen LogP contribution in [0.25, 0.3) is 0 Å². The molecule has 1 unspecified atom stereocenters. The van der Waals surface area contributed by atoms with E-state index in [1.165, 1.54) is 13.3 Å². The minimum absolute atomic E-state index is 0.0446. The van der Waals surface area contributed by atoms with Crippen LogP contribution < -0.4 is 0 Å². The van der Waals surface area contributed by atoms with Gasteiger partial charge in [0.15, 0.2) is 0 Å². The van der Waals surface area contributed by atoms with Crippen LogP contribution in [0.15, 0.2) is 0 Å². The van der Waals surface area contributed by atoms with Gasteiger partial charge in [0.25, 0.3) is 0 Å². The number of likely N-dealkylation sites (tertiary alicyclic amines) is 1. The molecule has 0 N–H and O–H groups in total. The number of piperidine rings is 1. The van der Waals surface area contributed by atoms with Gasteiger partial charge in [0, 0.05) is 38.0 Å². The van der Waals surface area contributed by atoms with Crippen molar-refractivity contribution in [2.75, 3.05) is 20.2 Å². The summed E-state index contributed by atoms with van der Waals surface area (Å²) in [5.74, 6) is 0.126. The Labute approximate surface area is 179 Å². The largest absolute Gasteiger partial charge is 0.462 e. The summed E-state index contributed by atoms with van der Waals surface area (Å²) < 4.78 is 18.5. The van der Waals surface area contributed by atoms with Gasteiger partial charge >= 0.3 is 11.9 Å². The second kappa shape index (κ2) is 6.00. The van der Waals surface area contributed by atoms with E-state index in [4.69, 9.17) is 14.2 Å². The zero-order valence-electron chi connectivity index (χ0n) is 18.7. The molecule has 7 rings (SSSR count). The Kier molecular flexibility index (Phi) is 3.91. The molecule has 0 aromatic carbocycles. The predicted octanol–water partition coefficient (Wildman–Crippen LogP) is 2.79. The first-order valence-electron chi connectivity index (χ1n) is 12.0. The van der Waals surface area contributed by atoms with Crippen molar-refractivity contribution in [2.24, 2.45) is 34.5 Å². The van der Waals surface area contributed by atoms with Gasteiger partial charge in [0.1, 0.15) is 17.6 Å². The molecule has 10 atom stereocenters. The van der Waals surface area contributed by atoms with Gasteiger partial charge in [-0.1, -0.05) is 13.8 Å². The summed E-state index contributed by atoms with van der Waals surface area (Å²) in [6, 6.07) is 0.316. The Bertz CT molecular complexity index is 800. The molecule has 166 valence electrons. The Balaban J connectivity index is 1.63. The molecule has 0 aromatic heterocycles. The molecule has 6 heteroatoms. The molecule has 0 aromatic rings. The summed E-state index contributed by atoms with van der Waals surface area (Å²) in [7, 11) is 1.86. The van der Waals surface area contributed by atoms with E-state index in [2.05, 4.69) is 18.7 Å². The molecule has 30 heavy (non-hydrogen) atoms. The highest BCUT2D eigenvalue weighted by Gasteiger charge is 2.82. The topological polar surface area (TPSA) is 65.1 Å². The zero-order valence-corrected chi connectivity index (χ0v) is 18.7. The third-order valence-corrected chi connectivity index (χ3v) is 10.5. The highest BCUT2D eigenvalue weighted by molar-refractivity contribution is 5.78. The van der Waals surface area contributed by atoms with Crippen LogP contribution in [0.4, 0.5) is 0 Å². The number of fused-ring (bicyclic) bond motifs is 2. The van der Waals surface area contributed by atoms with Crippen molar-refractivity contribution >= 4 is 11.9 Å². The summed E-state index contributed by atoms with van der Waals surface area (Å²) in [4.78, 5) is 28.5. The van der Waals surface area contributed by atoms with Crippen molar-refractivity contribution in [3.05, 3.63) is 0 Å². The second-order valence-electron chi connectivity index (χ2n) is 11.3. The van der Waals surface area contributed by atoms with Crippen LogP contribution in [-0.4, -0.2) is 60.9 Å². The molecule has 0 amide bonds.